The fourth-order valence-corrected chi connectivity index (χ4v) is 3.25. The van der Waals surface area contributed by atoms with Gasteiger partial charge in [-0.2, -0.15) is 0 Å². The molecule has 126 valence electrons. The molecule has 0 spiro atoms. The zero-order chi connectivity index (χ0) is 18.0. The molecule has 2 heterocycles. The molecule has 3 rings (SSSR count). The molecule has 1 aromatic carbocycles. The van der Waals surface area contributed by atoms with Gasteiger partial charge in [-0.1, -0.05) is 24.3 Å². The second-order valence-corrected chi connectivity index (χ2v) is 6.36. The van der Waals surface area contributed by atoms with E-state index in [0.717, 1.165) is 16.7 Å². The Morgan fingerprint density at radius 2 is 2.12 bits per heavy atom. The summed E-state index contributed by atoms with van der Waals surface area (Å²) in [5.74, 6) is 2.10. The minimum absolute atomic E-state index is 0.0764. The molecule has 0 radical (unpaired) electrons. The minimum atomic E-state index is -0.745. The van der Waals surface area contributed by atoms with Gasteiger partial charge in [0.25, 0.3) is 0 Å². The third-order valence-electron chi connectivity index (χ3n) is 4.82. The molecule has 5 nitrogen and oxygen atoms in total. The number of amides is 1. The SMILES string of the molecule is C#CC[C@@H]1C(=O)N(C)C(=N)N[C@]1(C)c1cccc(-c2cccnc2)c1. The summed E-state index contributed by atoms with van der Waals surface area (Å²) in [6.07, 6.45) is 9.35. The van der Waals surface area contributed by atoms with Crippen molar-refractivity contribution in [3.63, 3.8) is 0 Å². The highest BCUT2D eigenvalue weighted by atomic mass is 16.2. The van der Waals surface area contributed by atoms with Crippen molar-refractivity contribution in [2.75, 3.05) is 7.05 Å². The maximum Gasteiger partial charge on any atom is 0.235 e. The first-order valence-electron chi connectivity index (χ1n) is 8.06. The molecule has 5 heteroatoms. The molecule has 2 atom stereocenters. The van der Waals surface area contributed by atoms with Crippen molar-refractivity contribution in [1.82, 2.24) is 15.2 Å². The van der Waals surface area contributed by atoms with Crippen LogP contribution < -0.4 is 5.32 Å². The van der Waals surface area contributed by atoms with Gasteiger partial charge in [0.1, 0.15) is 0 Å². The van der Waals surface area contributed by atoms with Gasteiger partial charge in [-0.25, -0.2) is 0 Å². The van der Waals surface area contributed by atoms with E-state index in [2.05, 4.69) is 16.2 Å². The van der Waals surface area contributed by atoms with Crippen LogP contribution in [0, 0.1) is 23.7 Å². The molecule has 1 aromatic heterocycles. The smallest absolute Gasteiger partial charge is 0.235 e. The fraction of sp³-hybridized carbons (Fsp3) is 0.250. The Morgan fingerprint density at radius 1 is 1.36 bits per heavy atom. The summed E-state index contributed by atoms with van der Waals surface area (Å²) in [6, 6.07) is 11.8. The maximum atomic E-state index is 12.7. The van der Waals surface area contributed by atoms with Crippen molar-refractivity contribution < 1.29 is 4.79 Å². The van der Waals surface area contributed by atoms with Gasteiger partial charge < -0.3 is 5.32 Å². The number of terminal acetylenes is 1. The summed E-state index contributed by atoms with van der Waals surface area (Å²) in [5.41, 5.74) is 2.17. The van der Waals surface area contributed by atoms with Gasteiger partial charge in [0.05, 0.1) is 11.5 Å². The Kier molecular flexibility index (Phi) is 4.28. The summed E-state index contributed by atoms with van der Waals surface area (Å²) >= 11 is 0. The van der Waals surface area contributed by atoms with Crippen LogP contribution in [-0.4, -0.2) is 28.8 Å². The summed E-state index contributed by atoms with van der Waals surface area (Å²) in [4.78, 5) is 18.2. The summed E-state index contributed by atoms with van der Waals surface area (Å²) in [5, 5.41) is 11.3. The van der Waals surface area contributed by atoms with E-state index < -0.39 is 11.5 Å². The topological polar surface area (TPSA) is 69.1 Å². The third-order valence-corrected chi connectivity index (χ3v) is 4.82. The van der Waals surface area contributed by atoms with Gasteiger partial charge >= 0.3 is 0 Å². The monoisotopic (exact) mass is 332 g/mol. The number of guanidine groups is 1. The summed E-state index contributed by atoms with van der Waals surface area (Å²) < 4.78 is 0. The Labute approximate surface area is 147 Å². The van der Waals surface area contributed by atoms with Crippen LogP contribution >= 0.6 is 0 Å². The lowest BCUT2D eigenvalue weighted by atomic mass is 9.75. The van der Waals surface area contributed by atoms with Gasteiger partial charge in [-0.15, -0.1) is 12.3 Å². The number of aromatic nitrogens is 1. The number of nitrogens with zero attached hydrogens (tertiary/aromatic N) is 2. The summed E-state index contributed by atoms with van der Waals surface area (Å²) in [7, 11) is 1.59. The largest absolute Gasteiger partial charge is 0.346 e. The minimum Gasteiger partial charge on any atom is -0.346 e. The van der Waals surface area contributed by atoms with Gasteiger partial charge in [0.2, 0.25) is 5.91 Å². The first kappa shape index (κ1) is 16.7. The lowest BCUT2D eigenvalue weighted by Gasteiger charge is -2.45. The van der Waals surface area contributed by atoms with Crippen molar-refractivity contribution in [2.24, 2.45) is 5.92 Å². The van der Waals surface area contributed by atoms with E-state index in [0.29, 0.717) is 6.42 Å². The highest BCUT2D eigenvalue weighted by molar-refractivity contribution is 6.00. The van der Waals surface area contributed by atoms with Gasteiger partial charge in [-0.05, 0) is 35.7 Å². The zero-order valence-electron chi connectivity index (χ0n) is 14.3. The molecular formula is C20H20N4O. The van der Waals surface area contributed by atoms with Crippen LogP contribution in [0.2, 0.25) is 0 Å². The first-order valence-corrected chi connectivity index (χ1v) is 8.06. The maximum absolute atomic E-state index is 12.7. The molecule has 2 aromatic rings. The Bertz CT molecular complexity index is 855. The lowest BCUT2D eigenvalue weighted by Crippen LogP contribution is -2.63. The quantitative estimate of drug-likeness (QED) is 0.849. The summed E-state index contributed by atoms with van der Waals surface area (Å²) in [6.45, 7) is 1.93. The van der Waals surface area contributed by atoms with Crippen LogP contribution in [0.25, 0.3) is 11.1 Å². The number of nitrogens with one attached hydrogen (secondary N) is 2. The number of pyridine rings is 1. The molecule has 0 saturated carbocycles. The molecule has 0 unspecified atom stereocenters. The molecule has 1 aliphatic rings. The lowest BCUT2D eigenvalue weighted by molar-refractivity contribution is -0.135. The average Bonchev–Trinajstić information content (AvgIpc) is 2.64. The first-order chi connectivity index (χ1) is 12.0. The van der Waals surface area contributed by atoms with E-state index >= 15 is 0 Å². The molecule has 1 fully saturated rings. The second kappa shape index (κ2) is 6.40. The van der Waals surface area contributed by atoms with Gasteiger partial charge in [-0.3, -0.25) is 20.1 Å². The van der Waals surface area contributed by atoms with E-state index in [1.54, 1.807) is 19.4 Å². The van der Waals surface area contributed by atoms with Crippen LogP contribution in [0.5, 0.6) is 0 Å². The Balaban J connectivity index is 2.08. The number of benzene rings is 1. The van der Waals surface area contributed by atoms with Crippen LogP contribution in [0.15, 0.2) is 48.8 Å². The standard InChI is InChI=1S/C20H20N4O/c1-4-7-17-18(25)24(3)19(21)23-20(17,2)16-10-5-8-14(12-16)15-9-6-11-22-13-15/h1,5-6,8-13,17H,7H2,2-3H3,(H2,21,23)/t17-,20-/m1/s1. The van der Waals surface area contributed by atoms with Crippen molar-refractivity contribution in [1.29, 1.82) is 5.41 Å². The van der Waals surface area contributed by atoms with Crippen LogP contribution in [0.1, 0.15) is 18.9 Å². The van der Waals surface area contributed by atoms with Crippen molar-refractivity contribution in [3.8, 4) is 23.5 Å². The highest BCUT2D eigenvalue weighted by Crippen LogP contribution is 2.37. The van der Waals surface area contributed by atoms with E-state index in [1.807, 2.05) is 43.3 Å². The van der Waals surface area contributed by atoms with E-state index in [-0.39, 0.29) is 11.9 Å². The second-order valence-electron chi connectivity index (χ2n) is 6.36. The van der Waals surface area contributed by atoms with E-state index in [1.165, 1.54) is 4.90 Å². The Morgan fingerprint density at radius 3 is 2.80 bits per heavy atom. The normalized spacial score (nSPS) is 23.1. The van der Waals surface area contributed by atoms with Crippen LogP contribution in [-0.2, 0) is 10.3 Å². The number of hydrogen-bond acceptors (Lipinski definition) is 3. The fourth-order valence-electron chi connectivity index (χ4n) is 3.25. The molecule has 1 saturated heterocycles. The predicted octanol–water partition coefficient (Wildman–Crippen LogP) is 2.60. The van der Waals surface area contributed by atoms with E-state index in [4.69, 9.17) is 11.8 Å². The number of rotatable bonds is 3. The average molecular weight is 332 g/mol. The highest BCUT2D eigenvalue weighted by Gasteiger charge is 2.47. The van der Waals surface area contributed by atoms with Gasteiger partial charge in [0.15, 0.2) is 5.96 Å². The third kappa shape index (κ3) is 2.87. The van der Waals surface area contributed by atoms with E-state index in [9.17, 15) is 4.79 Å². The molecular weight excluding hydrogens is 312 g/mol. The number of hydrogen-bond donors (Lipinski definition) is 2. The van der Waals surface area contributed by atoms with Crippen molar-refractivity contribution in [3.05, 3.63) is 54.4 Å². The Hall–Kier alpha value is -3.13. The molecule has 0 bridgehead atoms. The van der Waals surface area contributed by atoms with Crippen molar-refractivity contribution in [2.45, 2.75) is 18.9 Å². The molecule has 1 aliphatic heterocycles. The zero-order valence-corrected chi connectivity index (χ0v) is 14.3. The predicted molar refractivity (Wildman–Crippen MR) is 97.6 cm³/mol. The van der Waals surface area contributed by atoms with Crippen LogP contribution in [0.3, 0.4) is 0 Å². The van der Waals surface area contributed by atoms with Gasteiger partial charge in [0, 0.05) is 25.9 Å². The number of carbonyl (C=O) groups is 1. The number of carbonyl (C=O) groups excluding carboxylic acids is 1. The van der Waals surface area contributed by atoms with Crippen molar-refractivity contribution >= 4 is 11.9 Å². The molecule has 2 N–H and O–H groups in total. The molecule has 25 heavy (non-hydrogen) atoms. The molecule has 0 aliphatic carbocycles. The van der Waals surface area contributed by atoms with Crippen LogP contribution in [0.4, 0.5) is 0 Å². The molecule has 1 amide bonds.